The largest absolute Gasteiger partial charge is 0.416 e. The van der Waals surface area contributed by atoms with Gasteiger partial charge in [-0.15, -0.1) is 10.2 Å². The van der Waals surface area contributed by atoms with Crippen LogP contribution in [-0.2, 0) is 26.3 Å². The quantitative estimate of drug-likeness (QED) is 0.274. The highest BCUT2D eigenvalue weighted by molar-refractivity contribution is 6.10. The fourth-order valence-electron chi connectivity index (χ4n) is 5.73. The van der Waals surface area contributed by atoms with Gasteiger partial charge in [0, 0.05) is 24.7 Å². The molecule has 0 spiro atoms. The molecule has 234 valence electrons. The van der Waals surface area contributed by atoms with Crippen LogP contribution in [0.5, 0.6) is 0 Å². The number of nitrogens with zero attached hydrogens (tertiary/aromatic N) is 8. The van der Waals surface area contributed by atoms with Crippen molar-refractivity contribution in [2.45, 2.75) is 38.1 Å². The number of hydrogen-bond donors (Lipinski definition) is 2. The standard InChI is InChI=1S/C32H28F3N9O2/c1-42-18-38-41-30(42)23-4-3-19(14-37)9-24(23)21-12-28(39-22(17-45)5-6-36)40-29(13-21)44-16-26-25(31(44)46)10-20(15-43-7-2-8-43)11-27(26)32(33,34)35/h3-4,9-13,18,22,45H,2,5,7-8,15-17H2,1H3,(H,39,40). The number of alkyl halides is 3. The molecule has 4 aromatic rings. The number of rotatable bonds is 9. The van der Waals surface area contributed by atoms with Crippen molar-refractivity contribution in [2.24, 2.45) is 7.05 Å². The summed E-state index contributed by atoms with van der Waals surface area (Å²) in [6, 6.07) is 14.2. The molecule has 14 heteroatoms. The number of carbonyl (C=O) groups is 1. The Morgan fingerprint density at radius 2 is 1.89 bits per heavy atom. The number of nitriles is 2. The highest BCUT2D eigenvalue weighted by Gasteiger charge is 2.41. The molecule has 4 heterocycles. The van der Waals surface area contributed by atoms with Crippen molar-refractivity contribution < 1.29 is 23.1 Å². The van der Waals surface area contributed by atoms with Gasteiger partial charge >= 0.3 is 6.18 Å². The Balaban J connectivity index is 1.49. The first kappa shape index (κ1) is 30.7. The van der Waals surface area contributed by atoms with Crippen LogP contribution in [0, 0.1) is 22.7 Å². The van der Waals surface area contributed by atoms with Crippen LogP contribution in [0.25, 0.3) is 22.5 Å². The minimum atomic E-state index is -4.68. The molecule has 1 amide bonds. The molecular weight excluding hydrogens is 599 g/mol. The second-order valence-corrected chi connectivity index (χ2v) is 11.3. The van der Waals surface area contributed by atoms with Crippen molar-refractivity contribution in [3.05, 3.63) is 76.6 Å². The van der Waals surface area contributed by atoms with E-state index >= 15 is 0 Å². The maximum atomic E-state index is 14.3. The summed E-state index contributed by atoms with van der Waals surface area (Å²) in [4.78, 5) is 21.7. The minimum Gasteiger partial charge on any atom is -0.394 e. The Bertz CT molecular complexity index is 1900. The summed E-state index contributed by atoms with van der Waals surface area (Å²) in [6.07, 6.45) is -2.25. The number of halogens is 3. The fourth-order valence-corrected chi connectivity index (χ4v) is 5.73. The van der Waals surface area contributed by atoms with E-state index in [-0.39, 0.29) is 35.7 Å². The van der Waals surface area contributed by atoms with E-state index in [4.69, 9.17) is 0 Å². The summed E-state index contributed by atoms with van der Waals surface area (Å²) >= 11 is 0. The van der Waals surface area contributed by atoms with Crippen LogP contribution in [0.1, 0.15) is 45.5 Å². The minimum absolute atomic E-state index is 0.0315. The zero-order chi connectivity index (χ0) is 32.6. The molecule has 46 heavy (non-hydrogen) atoms. The first-order valence-electron chi connectivity index (χ1n) is 14.5. The number of carbonyl (C=O) groups excluding carboxylic acids is 1. The van der Waals surface area contributed by atoms with Gasteiger partial charge in [0.25, 0.3) is 5.91 Å². The molecule has 1 saturated heterocycles. The summed E-state index contributed by atoms with van der Waals surface area (Å²) in [5.41, 5.74) is 1.32. The van der Waals surface area contributed by atoms with E-state index in [0.717, 1.165) is 25.6 Å². The Labute approximate surface area is 262 Å². The fraction of sp³-hybridized carbons (Fsp3) is 0.312. The molecule has 2 aromatic heterocycles. The van der Waals surface area contributed by atoms with Gasteiger partial charge < -0.3 is 15.0 Å². The smallest absolute Gasteiger partial charge is 0.394 e. The Kier molecular flexibility index (Phi) is 8.17. The van der Waals surface area contributed by atoms with Gasteiger partial charge in [0.15, 0.2) is 5.82 Å². The second-order valence-electron chi connectivity index (χ2n) is 11.3. The number of hydrogen-bond acceptors (Lipinski definition) is 9. The summed E-state index contributed by atoms with van der Waals surface area (Å²) < 4.78 is 44.7. The normalized spacial score (nSPS) is 15.2. The molecule has 11 nitrogen and oxygen atoms in total. The van der Waals surface area contributed by atoms with Gasteiger partial charge in [0.1, 0.15) is 18.0 Å². The lowest BCUT2D eigenvalue weighted by Gasteiger charge is -2.31. The zero-order valence-corrected chi connectivity index (χ0v) is 24.7. The van der Waals surface area contributed by atoms with Crippen LogP contribution in [0.15, 0.2) is 48.8 Å². The lowest BCUT2D eigenvalue weighted by molar-refractivity contribution is -0.138. The molecule has 6 rings (SSSR count). The monoisotopic (exact) mass is 627 g/mol. The molecule has 1 atom stereocenters. The highest BCUT2D eigenvalue weighted by atomic mass is 19.4. The Morgan fingerprint density at radius 3 is 2.52 bits per heavy atom. The summed E-state index contributed by atoms with van der Waals surface area (Å²) in [5, 5.41) is 40.0. The van der Waals surface area contributed by atoms with E-state index in [2.05, 4.69) is 26.6 Å². The van der Waals surface area contributed by atoms with E-state index in [0.29, 0.717) is 40.2 Å². The summed E-state index contributed by atoms with van der Waals surface area (Å²) in [6.45, 7) is 1.13. The van der Waals surface area contributed by atoms with Crippen molar-refractivity contribution in [1.82, 2.24) is 24.6 Å². The maximum Gasteiger partial charge on any atom is 0.416 e. The molecular formula is C32H28F3N9O2. The summed E-state index contributed by atoms with van der Waals surface area (Å²) in [7, 11) is 1.75. The van der Waals surface area contributed by atoms with Gasteiger partial charge in [-0.1, -0.05) is 0 Å². The van der Waals surface area contributed by atoms with E-state index in [9.17, 15) is 33.6 Å². The molecule has 2 aromatic carbocycles. The Morgan fingerprint density at radius 1 is 1.09 bits per heavy atom. The first-order chi connectivity index (χ1) is 22.1. The van der Waals surface area contributed by atoms with Crippen molar-refractivity contribution in [3.8, 4) is 34.7 Å². The third-order valence-corrected chi connectivity index (χ3v) is 8.17. The van der Waals surface area contributed by atoms with Crippen LogP contribution in [0.3, 0.4) is 0 Å². The van der Waals surface area contributed by atoms with Gasteiger partial charge in [0.2, 0.25) is 0 Å². The topological polar surface area (TPSA) is 147 Å². The van der Waals surface area contributed by atoms with Gasteiger partial charge in [-0.05, 0) is 84.2 Å². The van der Waals surface area contributed by atoms with Crippen LogP contribution >= 0.6 is 0 Å². The molecule has 1 unspecified atom stereocenters. The number of benzene rings is 2. The van der Waals surface area contributed by atoms with Gasteiger partial charge in [0.05, 0.1) is 48.9 Å². The van der Waals surface area contributed by atoms with Crippen molar-refractivity contribution in [2.75, 3.05) is 29.9 Å². The SMILES string of the molecule is Cn1cnnc1-c1ccc(C#N)cc1-c1cc(NC(CO)CC#N)nc(N2Cc3c(cc(CN4CCC4)cc3C(F)(F)F)C2=O)c1. The number of likely N-dealkylation sites (tertiary alicyclic amines) is 1. The lowest BCUT2D eigenvalue weighted by Crippen LogP contribution is -2.36. The third kappa shape index (κ3) is 5.88. The lowest BCUT2D eigenvalue weighted by atomic mass is 9.97. The number of aromatic nitrogens is 4. The predicted octanol–water partition coefficient (Wildman–Crippen LogP) is 4.49. The predicted molar refractivity (Wildman–Crippen MR) is 161 cm³/mol. The van der Waals surface area contributed by atoms with Crippen molar-refractivity contribution in [1.29, 1.82) is 10.5 Å². The van der Waals surface area contributed by atoms with Crippen LogP contribution in [0.2, 0.25) is 0 Å². The van der Waals surface area contributed by atoms with Crippen LogP contribution in [0.4, 0.5) is 24.8 Å². The molecule has 0 saturated carbocycles. The van der Waals surface area contributed by atoms with Crippen LogP contribution < -0.4 is 10.2 Å². The van der Waals surface area contributed by atoms with Gasteiger partial charge in [-0.3, -0.25) is 14.6 Å². The number of aliphatic hydroxyl groups excluding tert-OH is 1. The highest BCUT2D eigenvalue weighted by Crippen LogP contribution is 2.41. The third-order valence-electron chi connectivity index (χ3n) is 8.17. The number of nitrogens with one attached hydrogen (secondary N) is 1. The van der Waals surface area contributed by atoms with Gasteiger partial charge in [-0.25, -0.2) is 4.98 Å². The maximum absolute atomic E-state index is 14.3. The van der Waals surface area contributed by atoms with Gasteiger partial charge in [-0.2, -0.15) is 23.7 Å². The number of pyridine rings is 1. The average molecular weight is 628 g/mol. The number of fused-ring (bicyclic) bond motifs is 1. The van der Waals surface area contributed by atoms with Crippen molar-refractivity contribution >= 4 is 17.5 Å². The molecule has 0 radical (unpaired) electrons. The first-order valence-corrected chi connectivity index (χ1v) is 14.5. The number of amides is 1. The van der Waals surface area contributed by atoms with E-state index in [1.54, 1.807) is 41.9 Å². The second kappa shape index (κ2) is 12.2. The van der Waals surface area contributed by atoms with Crippen molar-refractivity contribution in [3.63, 3.8) is 0 Å². The molecule has 2 aliphatic heterocycles. The molecule has 0 aliphatic carbocycles. The number of aliphatic hydroxyl groups is 1. The number of aryl methyl sites for hydroxylation is 1. The molecule has 2 N–H and O–H groups in total. The van der Waals surface area contributed by atoms with E-state index < -0.39 is 30.3 Å². The van der Waals surface area contributed by atoms with E-state index in [1.165, 1.54) is 17.3 Å². The molecule has 1 fully saturated rings. The number of anilines is 2. The Hall–Kier alpha value is -5.31. The molecule has 0 bridgehead atoms. The summed E-state index contributed by atoms with van der Waals surface area (Å²) in [5.74, 6) is 0.0840. The molecule has 2 aliphatic rings. The average Bonchev–Trinajstić information content (AvgIpc) is 3.59. The van der Waals surface area contributed by atoms with Crippen LogP contribution in [-0.4, -0.2) is 61.4 Å². The van der Waals surface area contributed by atoms with E-state index in [1.807, 2.05) is 11.0 Å². The zero-order valence-electron chi connectivity index (χ0n) is 24.7.